The summed E-state index contributed by atoms with van der Waals surface area (Å²) in [4.78, 5) is 18.8. The molecular formula is C26H23N5OS2. The molecule has 3 aromatic rings. The highest BCUT2D eigenvalue weighted by Crippen LogP contribution is 2.33. The third-order valence-corrected chi connectivity index (χ3v) is 7.56. The number of benzene rings is 2. The normalized spacial score (nSPS) is 16.7. The fourth-order valence-corrected chi connectivity index (χ4v) is 5.87. The summed E-state index contributed by atoms with van der Waals surface area (Å²) in [6, 6.07) is 20.5. The van der Waals surface area contributed by atoms with E-state index in [2.05, 4.69) is 51.2 Å². The van der Waals surface area contributed by atoms with E-state index in [1.54, 1.807) is 11.0 Å². The zero-order valence-corrected chi connectivity index (χ0v) is 20.7. The van der Waals surface area contributed by atoms with E-state index in [4.69, 9.17) is 5.41 Å². The van der Waals surface area contributed by atoms with Crippen LogP contribution < -0.4 is 0 Å². The van der Waals surface area contributed by atoms with Crippen molar-refractivity contribution in [2.45, 2.75) is 26.5 Å². The van der Waals surface area contributed by atoms with Crippen LogP contribution in [0.2, 0.25) is 0 Å². The summed E-state index contributed by atoms with van der Waals surface area (Å²) >= 11 is 2.68. The lowest BCUT2D eigenvalue weighted by atomic mass is 10.1. The molecule has 0 saturated heterocycles. The molecule has 1 aromatic heterocycles. The third-order valence-electron chi connectivity index (χ3n) is 5.74. The largest absolute Gasteiger partial charge is 0.318 e. The van der Waals surface area contributed by atoms with E-state index >= 15 is 0 Å². The zero-order chi connectivity index (χ0) is 23.8. The van der Waals surface area contributed by atoms with Gasteiger partial charge in [0.1, 0.15) is 5.84 Å². The molecule has 170 valence electrons. The maximum absolute atomic E-state index is 12.9. The number of hydrogen-bond acceptors (Lipinski definition) is 5. The van der Waals surface area contributed by atoms with Crippen LogP contribution in [0.1, 0.15) is 28.1 Å². The van der Waals surface area contributed by atoms with E-state index in [9.17, 15) is 4.79 Å². The average molecular weight is 486 g/mol. The summed E-state index contributed by atoms with van der Waals surface area (Å²) in [5.74, 6) is 0.426. The standard InChI is InChI=1S/C26H23N5OS2/c1-16-8-7-11-21(12-16)30-17(2)13-20(18(30)3)14-22-23(27)31-25(28-24(22)32)34-29-26(31)33-15-19-9-5-4-6-10-19/h4-14,27H,15H2,1-3H3/b22-14+,27-23?. The molecule has 2 aromatic carbocycles. The Morgan fingerprint density at radius 1 is 1.06 bits per heavy atom. The quantitative estimate of drug-likeness (QED) is 0.368. The second-order valence-corrected chi connectivity index (χ2v) is 9.85. The number of thioether (sulfide) groups is 1. The molecule has 0 spiro atoms. The predicted molar refractivity (Wildman–Crippen MR) is 143 cm³/mol. The van der Waals surface area contributed by atoms with Crippen LogP contribution in [0.15, 0.2) is 75.6 Å². The van der Waals surface area contributed by atoms with Crippen LogP contribution >= 0.6 is 23.7 Å². The Morgan fingerprint density at radius 2 is 1.85 bits per heavy atom. The average Bonchev–Trinajstić information content (AvgIpc) is 3.35. The molecule has 6 nitrogen and oxygen atoms in total. The fraction of sp³-hybridized carbons (Fsp3) is 0.154. The van der Waals surface area contributed by atoms with Crippen molar-refractivity contribution in [3.63, 3.8) is 0 Å². The van der Waals surface area contributed by atoms with Crippen molar-refractivity contribution in [3.8, 4) is 5.69 Å². The summed E-state index contributed by atoms with van der Waals surface area (Å²) in [6.45, 7) is 6.15. The Morgan fingerprint density at radius 3 is 2.62 bits per heavy atom. The van der Waals surface area contributed by atoms with Gasteiger partial charge in [0.15, 0.2) is 5.17 Å². The first-order chi connectivity index (χ1) is 16.4. The van der Waals surface area contributed by atoms with Gasteiger partial charge in [-0.1, -0.05) is 54.2 Å². The number of aryl methyl sites for hydroxylation is 2. The van der Waals surface area contributed by atoms with Crippen molar-refractivity contribution in [2.75, 3.05) is 0 Å². The lowest BCUT2D eigenvalue weighted by molar-refractivity contribution is -0.114. The van der Waals surface area contributed by atoms with Crippen molar-refractivity contribution in [1.29, 1.82) is 5.41 Å². The minimum absolute atomic E-state index is 0.111. The van der Waals surface area contributed by atoms with E-state index < -0.39 is 5.91 Å². The maximum Gasteiger partial charge on any atom is 0.283 e. The first kappa shape index (κ1) is 22.4. The second kappa shape index (κ2) is 9.12. The van der Waals surface area contributed by atoms with E-state index in [-0.39, 0.29) is 11.4 Å². The van der Waals surface area contributed by atoms with Crippen molar-refractivity contribution >= 4 is 51.9 Å². The van der Waals surface area contributed by atoms with E-state index in [0.29, 0.717) is 10.3 Å². The van der Waals surface area contributed by atoms with Crippen LogP contribution in [0.5, 0.6) is 0 Å². The number of amidine groups is 3. The van der Waals surface area contributed by atoms with Gasteiger partial charge >= 0.3 is 0 Å². The number of aromatic nitrogens is 1. The van der Waals surface area contributed by atoms with Crippen molar-refractivity contribution in [1.82, 2.24) is 9.47 Å². The number of hydrogen-bond donors (Lipinski definition) is 1. The highest BCUT2D eigenvalue weighted by Gasteiger charge is 2.37. The smallest absolute Gasteiger partial charge is 0.283 e. The fourth-order valence-electron chi connectivity index (χ4n) is 4.07. The topological polar surface area (TPSA) is 73.8 Å². The predicted octanol–water partition coefficient (Wildman–Crippen LogP) is 5.91. The Kier molecular flexibility index (Phi) is 6.02. The molecule has 0 aliphatic carbocycles. The van der Waals surface area contributed by atoms with Gasteiger partial charge in [-0.05, 0) is 61.7 Å². The van der Waals surface area contributed by atoms with E-state index in [1.165, 1.54) is 22.9 Å². The number of carbonyl (C=O) groups excluding carboxylic acids is 1. The highest BCUT2D eigenvalue weighted by molar-refractivity contribution is 8.18. The molecule has 1 N–H and O–H groups in total. The van der Waals surface area contributed by atoms with Crippen LogP contribution in [0.4, 0.5) is 0 Å². The monoisotopic (exact) mass is 485 g/mol. The van der Waals surface area contributed by atoms with Gasteiger partial charge in [-0.15, -0.1) is 0 Å². The number of aliphatic imine (C=N–C) groups is 1. The molecule has 3 heterocycles. The lowest BCUT2D eigenvalue weighted by Crippen LogP contribution is -2.41. The molecule has 0 bridgehead atoms. The van der Waals surface area contributed by atoms with Gasteiger partial charge in [0.2, 0.25) is 5.17 Å². The van der Waals surface area contributed by atoms with E-state index in [0.717, 1.165) is 40.3 Å². The van der Waals surface area contributed by atoms with Crippen LogP contribution in [0.3, 0.4) is 0 Å². The number of amides is 1. The lowest BCUT2D eigenvalue weighted by Gasteiger charge is -2.24. The van der Waals surface area contributed by atoms with Gasteiger partial charge in [0, 0.05) is 22.8 Å². The molecule has 2 aliphatic heterocycles. The van der Waals surface area contributed by atoms with E-state index in [1.807, 2.05) is 44.2 Å². The van der Waals surface area contributed by atoms with Gasteiger partial charge in [-0.25, -0.2) is 4.90 Å². The second-order valence-electron chi connectivity index (χ2n) is 8.18. The number of fused-ring (bicyclic) bond motifs is 1. The summed E-state index contributed by atoms with van der Waals surface area (Å²) < 4.78 is 6.64. The molecule has 5 rings (SSSR count). The van der Waals surface area contributed by atoms with Crippen LogP contribution in [0.25, 0.3) is 11.8 Å². The molecular weight excluding hydrogens is 462 g/mol. The van der Waals surface area contributed by atoms with Gasteiger partial charge in [0.25, 0.3) is 5.91 Å². The number of carbonyl (C=O) groups is 1. The SMILES string of the molecule is Cc1cccc(-n2c(C)cc(/C=C3\C(=N)N4C(SCc5ccccc5)=NSC4=NC3=O)c2C)c1. The Hall–Kier alpha value is -3.36. The number of nitrogens with zero attached hydrogens (tertiary/aromatic N) is 4. The van der Waals surface area contributed by atoms with Gasteiger partial charge in [0.05, 0.1) is 17.5 Å². The molecule has 1 amide bonds. The zero-order valence-electron chi connectivity index (χ0n) is 19.1. The van der Waals surface area contributed by atoms with Crippen LogP contribution in [-0.2, 0) is 10.5 Å². The molecule has 0 radical (unpaired) electrons. The highest BCUT2D eigenvalue weighted by atomic mass is 32.2. The van der Waals surface area contributed by atoms with Gasteiger partial charge in [-0.3, -0.25) is 10.2 Å². The van der Waals surface area contributed by atoms with Gasteiger partial charge in [-0.2, -0.15) is 9.39 Å². The number of rotatable bonds is 4. The molecule has 0 fully saturated rings. The Labute approximate surface area is 207 Å². The Bertz CT molecular complexity index is 1400. The molecule has 0 saturated carbocycles. The summed E-state index contributed by atoms with van der Waals surface area (Å²) in [5, 5.41) is 9.94. The summed E-state index contributed by atoms with van der Waals surface area (Å²) in [6.07, 6.45) is 1.78. The van der Waals surface area contributed by atoms with Gasteiger partial charge < -0.3 is 4.57 Å². The van der Waals surface area contributed by atoms with Crippen LogP contribution in [0, 0.1) is 26.2 Å². The maximum atomic E-state index is 12.9. The molecule has 0 atom stereocenters. The minimum Gasteiger partial charge on any atom is -0.318 e. The first-order valence-electron chi connectivity index (χ1n) is 10.8. The molecule has 2 aliphatic rings. The summed E-state index contributed by atoms with van der Waals surface area (Å²) in [7, 11) is 0. The minimum atomic E-state index is -0.409. The van der Waals surface area contributed by atoms with Crippen molar-refractivity contribution < 1.29 is 4.79 Å². The van der Waals surface area contributed by atoms with Crippen molar-refractivity contribution in [2.24, 2.45) is 9.39 Å². The third kappa shape index (κ3) is 4.15. The molecule has 0 unspecified atom stereocenters. The number of nitrogens with one attached hydrogen (secondary N) is 1. The van der Waals surface area contributed by atoms with Crippen LogP contribution in [-0.4, -0.2) is 31.5 Å². The Balaban J connectivity index is 1.45. The van der Waals surface area contributed by atoms with Crippen molar-refractivity contribution in [3.05, 3.63) is 94.3 Å². The summed E-state index contributed by atoms with van der Waals surface area (Å²) in [5.41, 5.74) is 6.66. The molecule has 34 heavy (non-hydrogen) atoms. The first-order valence-corrected chi connectivity index (χ1v) is 12.6. The molecule has 8 heteroatoms.